The van der Waals surface area contributed by atoms with Gasteiger partial charge in [-0.25, -0.2) is 0 Å². The summed E-state index contributed by atoms with van der Waals surface area (Å²) in [7, 11) is 0. The summed E-state index contributed by atoms with van der Waals surface area (Å²) in [6.07, 6.45) is 8.75. The van der Waals surface area contributed by atoms with Crippen molar-refractivity contribution < 1.29 is 15.0 Å². The molecule has 8 atom stereocenters. The van der Waals surface area contributed by atoms with Gasteiger partial charge in [-0.3, -0.25) is 4.79 Å². The Labute approximate surface area is 132 Å². The third-order valence-corrected chi connectivity index (χ3v) is 8.01. The third-order valence-electron chi connectivity index (χ3n) is 8.01. The van der Waals surface area contributed by atoms with Gasteiger partial charge in [-0.05, 0) is 72.7 Å². The molecular formula is C19H28O3. The van der Waals surface area contributed by atoms with Gasteiger partial charge in [-0.1, -0.05) is 19.9 Å². The van der Waals surface area contributed by atoms with Crippen LogP contribution in [0.2, 0.25) is 0 Å². The van der Waals surface area contributed by atoms with Gasteiger partial charge in [-0.2, -0.15) is 0 Å². The van der Waals surface area contributed by atoms with Crippen LogP contribution in [-0.4, -0.2) is 28.2 Å². The van der Waals surface area contributed by atoms with Gasteiger partial charge >= 0.3 is 0 Å². The van der Waals surface area contributed by atoms with E-state index in [2.05, 4.69) is 19.9 Å². The first-order chi connectivity index (χ1) is 10.4. The van der Waals surface area contributed by atoms with E-state index in [9.17, 15) is 15.0 Å². The second-order valence-corrected chi connectivity index (χ2v) is 8.81. The van der Waals surface area contributed by atoms with Crippen molar-refractivity contribution in [1.29, 1.82) is 0 Å². The van der Waals surface area contributed by atoms with E-state index in [-0.39, 0.29) is 16.6 Å². The minimum atomic E-state index is -0.563. The van der Waals surface area contributed by atoms with Crippen LogP contribution in [0.1, 0.15) is 52.4 Å². The quantitative estimate of drug-likeness (QED) is 0.723. The number of carbonyl (C=O) groups excluding carboxylic acids is 1. The molecule has 0 spiro atoms. The van der Waals surface area contributed by atoms with Crippen LogP contribution in [0.25, 0.3) is 0 Å². The largest absolute Gasteiger partial charge is 0.390 e. The molecule has 4 aliphatic rings. The van der Waals surface area contributed by atoms with Crippen LogP contribution in [0.5, 0.6) is 0 Å². The molecule has 0 saturated heterocycles. The van der Waals surface area contributed by atoms with Gasteiger partial charge in [0.2, 0.25) is 0 Å². The van der Waals surface area contributed by atoms with Crippen molar-refractivity contribution in [3.05, 3.63) is 12.2 Å². The highest BCUT2D eigenvalue weighted by molar-refractivity contribution is 5.91. The summed E-state index contributed by atoms with van der Waals surface area (Å²) in [5.41, 5.74) is 0.0225. The maximum Gasteiger partial charge on any atom is 0.155 e. The van der Waals surface area contributed by atoms with Gasteiger partial charge < -0.3 is 10.2 Å². The first kappa shape index (κ1) is 14.9. The highest BCUT2D eigenvalue weighted by Crippen LogP contribution is 2.65. The highest BCUT2D eigenvalue weighted by Gasteiger charge is 2.61. The molecule has 0 aliphatic heterocycles. The Bertz CT molecular complexity index is 527. The molecule has 4 aliphatic carbocycles. The van der Waals surface area contributed by atoms with E-state index in [0.29, 0.717) is 30.1 Å². The molecule has 22 heavy (non-hydrogen) atoms. The Morgan fingerprint density at radius 2 is 1.91 bits per heavy atom. The second-order valence-electron chi connectivity index (χ2n) is 8.81. The fraction of sp³-hybridized carbons (Fsp3) is 0.842. The molecule has 0 heterocycles. The Hall–Kier alpha value is -0.670. The van der Waals surface area contributed by atoms with Crippen LogP contribution in [0.4, 0.5) is 0 Å². The molecule has 0 unspecified atom stereocenters. The van der Waals surface area contributed by atoms with Crippen LogP contribution in [0.15, 0.2) is 12.2 Å². The standard InChI is InChI=1S/C19H28O3/c1-18-7-5-12(20)9-11(18)3-4-13-14(18)6-8-19(2)15(13)10-16(21)17(19)22/h5,7,11,13-17,21-22H,3-4,6,8-10H2,1-2H3/t11-,13+,14-,15-,16+,17-,18-,19-/m0/s1. The van der Waals surface area contributed by atoms with E-state index in [1.54, 1.807) is 0 Å². The van der Waals surface area contributed by atoms with E-state index >= 15 is 0 Å². The molecule has 0 aromatic carbocycles. The topological polar surface area (TPSA) is 57.5 Å². The number of ketones is 1. The number of carbonyl (C=O) groups is 1. The molecule has 3 saturated carbocycles. The number of fused-ring (bicyclic) bond motifs is 5. The Balaban J connectivity index is 1.68. The summed E-state index contributed by atoms with van der Waals surface area (Å²) in [6, 6.07) is 0. The summed E-state index contributed by atoms with van der Waals surface area (Å²) in [6.45, 7) is 4.53. The van der Waals surface area contributed by atoms with Gasteiger partial charge in [0.1, 0.15) is 0 Å². The predicted octanol–water partition coefficient (Wildman–Crippen LogP) is 2.71. The van der Waals surface area contributed by atoms with E-state index in [1.807, 2.05) is 6.08 Å². The monoisotopic (exact) mass is 304 g/mol. The van der Waals surface area contributed by atoms with Gasteiger partial charge in [0.15, 0.2) is 5.78 Å². The number of rotatable bonds is 0. The normalized spacial score (nSPS) is 57.2. The fourth-order valence-corrected chi connectivity index (χ4v) is 6.62. The molecule has 3 heteroatoms. The average molecular weight is 304 g/mol. The molecule has 0 aromatic rings. The van der Waals surface area contributed by atoms with E-state index in [0.717, 1.165) is 32.1 Å². The van der Waals surface area contributed by atoms with E-state index in [1.165, 1.54) is 0 Å². The summed E-state index contributed by atoms with van der Waals surface area (Å²) >= 11 is 0. The van der Waals surface area contributed by atoms with Crippen LogP contribution in [0.3, 0.4) is 0 Å². The molecular weight excluding hydrogens is 276 g/mol. The maximum absolute atomic E-state index is 11.8. The van der Waals surface area contributed by atoms with E-state index < -0.39 is 12.2 Å². The summed E-state index contributed by atoms with van der Waals surface area (Å²) in [5, 5.41) is 20.7. The molecule has 0 aromatic heterocycles. The van der Waals surface area contributed by atoms with Crippen molar-refractivity contribution in [3.8, 4) is 0 Å². The van der Waals surface area contributed by atoms with Crippen molar-refractivity contribution in [1.82, 2.24) is 0 Å². The number of hydrogen-bond donors (Lipinski definition) is 2. The first-order valence-corrected chi connectivity index (χ1v) is 8.94. The van der Waals surface area contributed by atoms with Crippen LogP contribution in [-0.2, 0) is 4.79 Å². The lowest BCUT2D eigenvalue weighted by Gasteiger charge is -2.58. The van der Waals surface area contributed by atoms with Crippen LogP contribution < -0.4 is 0 Å². The number of aliphatic hydroxyl groups is 2. The SMILES string of the molecule is C[C@]12C=CC(=O)C[C@@H]1CC[C@@H]1[C@@H]2CC[C@]2(C)[C@@H](O)[C@H](O)C[C@@H]12. The summed E-state index contributed by atoms with van der Waals surface area (Å²) in [4.78, 5) is 11.8. The summed E-state index contributed by atoms with van der Waals surface area (Å²) < 4.78 is 0. The van der Waals surface area contributed by atoms with Crippen molar-refractivity contribution >= 4 is 5.78 Å². The van der Waals surface area contributed by atoms with Crippen molar-refractivity contribution in [2.75, 3.05) is 0 Å². The average Bonchev–Trinajstić information content (AvgIpc) is 2.72. The van der Waals surface area contributed by atoms with Gasteiger partial charge in [0, 0.05) is 6.42 Å². The minimum Gasteiger partial charge on any atom is -0.390 e. The van der Waals surface area contributed by atoms with Crippen molar-refractivity contribution in [2.45, 2.75) is 64.6 Å². The number of aliphatic hydroxyl groups excluding tert-OH is 2. The molecule has 3 nitrogen and oxygen atoms in total. The van der Waals surface area contributed by atoms with Crippen LogP contribution >= 0.6 is 0 Å². The first-order valence-electron chi connectivity index (χ1n) is 8.94. The molecule has 0 bridgehead atoms. The van der Waals surface area contributed by atoms with Crippen molar-refractivity contribution in [2.24, 2.45) is 34.5 Å². The highest BCUT2D eigenvalue weighted by atomic mass is 16.3. The zero-order valence-electron chi connectivity index (χ0n) is 13.7. The Morgan fingerprint density at radius 3 is 2.68 bits per heavy atom. The van der Waals surface area contributed by atoms with Crippen LogP contribution in [0, 0.1) is 34.5 Å². The molecule has 0 radical (unpaired) electrons. The van der Waals surface area contributed by atoms with E-state index in [4.69, 9.17) is 0 Å². The molecule has 2 N–H and O–H groups in total. The van der Waals surface area contributed by atoms with Crippen molar-refractivity contribution in [3.63, 3.8) is 0 Å². The Morgan fingerprint density at radius 1 is 1.14 bits per heavy atom. The van der Waals surface area contributed by atoms with Gasteiger partial charge in [0.25, 0.3) is 0 Å². The fourth-order valence-electron chi connectivity index (χ4n) is 6.62. The third kappa shape index (κ3) is 1.78. The molecule has 0 amide bonds. The van der Waals surface area contributed by atoms with Gasteiger partial charge in [0.05, 0.1) is 12.2 Å². The number of allylic oxidation sites excluding steroid dienone is 2. The molecule has 4 rings (SSSR count). The molecule has 122 valence electrons. The molecule has 3 fully saturated rings. The maximum atomic E-state index is 11.8. The lowest BCUT2D eigenvalue weighted by atomic mass is 9.46. The number of hydrogen-bond acceptors (Lipinski definition) is 3. The predicted molar refractivity (Wildman–Crippen MR) is 84.0 cm³/mol. The zero-order valence-corrected chi connectivity index (χ0v) is 13.7. The minimum absolute atomic E-state index is 0.113. The smallest absolute Gasteiger partial charge is 0.155 e. The Kier molecular flexibility index (Phi) is 3.16. The summed E-state index contributed by atoms with van der Waals surface area (Å²) in [5.74, 6) is 2.40. The van der Waals surface area contributed by atoms with Gasteiger partial charge in [-0.15, -0.1) is 0 Å². The lowest BCUT2D eigenvalue weighted by molar-refractivity contribution is -0.124. The second kappa shape index (κ2) is 4.67. The zero-order chi connectivity index (χ0) is 15.7. The lowest BCUT2D eigenvalue weighted by Crippen LogP contribution is -2.53.